The lowest BCUT2D eigenvalue weighted by Gasteiger charge is -2.34. The van der Waals surface area contributed by atoms with E-state index in [0.29, 0.717) is 0 Å². The highest BCUT2D eigenvalue weighted by molar-refractivity contribution is 5.49. The molecule has 1 aromatic heterocycles. The SMILES string of the molecule is Cc1cc(N2CCCCCC2)nc(N2CCN(C/C=C/c3ccccc3)CC2)n1. The Hall–Kier alpha value is -2.40. The van der Waals surface area contributed by atoms with Gasteiger partial charge in [-0.3, -0.25) is 4.90 Å². The van der Waals surface area contributed by atoms with Gasteiger partial charge in [-0.25, -0.2) is 4.98 Å². The van der Waals surface area contributed by atoms with E-state index in [9.17, 15) is 0 Å². The molecule has 0 aliphatic carbocycles. The summed E-state index contributed by atoms with van der Waals surface area (Å²) in [6.45, 7) is 9.41. The molecule has 0 spiro atoms. The van der Waals surface area contributed by atoms with Gasteiger partial charge in [-0.1, -0.05) is 55.3 Å². The van der Waals surface area contributed by atoms with Gasteiger partial charge >= 0.3 is 0 Å². The normalized spacial score (nSPS) is 18.9. The van der Waals surface area contributed by atoms with Crippen LogP contribution in [0.2, 0.25) is 0 Å². The Morgan fingerprint density at radius 3 is 2.28 bits per heavy atom. The van der Waals surface area contributed by atoms with E-state index < -0.39 is 0 Å². The van der Waals surface area contributed by atoms with E-state index in [0.717, 1.165) is 63.3 Å². The van der Waals surface area contributed by atoms with E-state index in [1.807, 2.05) is 0 Å². The van der Waals surface area contributed by atoms with Gasteiger partial charge in [0.15, 0.2) is 0 Å². The summed E-state index contributed by atoms with van der Waals surface area (Å²) in [6.07, 6.45) is 9.71. The van der Waals surface area contributed by atoms with Gasteiger partial charge in [0.05, 0.1) is 0 Å². The minimum Gasteiger partial charge on any atom is -0.356 e. The summed E-state index contributed by atoms with van der Waals surface area (Å²) in [7, 11) is 0. The maximum atomic E-state index is 4.96. The van der Waals surface area contributed by atoms with Gasteiger partial charge in [0.2, 0.25) is 5.95 Å². The average molecular weight is 392 g/mol. The second-order valence-corrected chi connectivity index (χ2v) is 8.17. The molecule has 2 saturated heterocycles. The van der Waals surface area contributed by atoms with Gasteiger partial charge in [0.1, 0.15) is 5.82 Å². The number of benzene rings is 1. The van der Waals surface area contributed by atoms with Gasteiger partial charge in [0.25, 0.3) is 0 Å². The van der Waals surface area contributed by atoms with Crippen LogP contribution in [0.4, 0.5) is 11.8 Å². The van der Waals surface area contributed by atoms with Crippen molar-refractivity contribution in [2.24, 2.45) is 0 Å². The fraction of sp³-hybridized carbons (Fsp3) is 0.500. The van der Waals surface area contributed by atoms with Gasteiger partial charge in [-0.05, 0) is 25.3 Å². The van der Waals surface area contributed by atoms with Crippen molar-refractivity contribution in [2.45, 2.75) is 32.6 Å². The van der Waals surface area contributed by atoms with Crippen LogP contribution in [-0.2, 0) is 0 Å². The lowest BCUT2D eigenvalue weighted by Crippen LogP contribution is -2.47. The van der Waals surface area contributed by atoms with Gasteiger partial charge in [-0.2, -0.15) is 4.98 Å². The number of hydrogen-bond donors (Lipinski definition) is 0. The summed E-state index contributed by atoms with van der Waals surface area (Å²) in [5.41, 5.74) is 2.34. The minimum absolute atomic E-state index is 0.906. The van der Waals surface area contributed by atoms with Crippen molar-refractivity contribution in [3.8, 4) is 0 Å². The van der Waals surface area contributed by atoms with E-state index >= 15 is 0 Å². The molecule has 1 aromatic carbocycles. The zero-order valence-electron chi connectivity index (χ0n) is 17.6. The maximum Gasteiger partial charge on any atom is 0.227 e. The van der Waals surface area contributed by atoms with E-state index in [1.54, 1.807) is 0 Å². The second kappa shape index (κ2) is 9.88. The van der Waals surface area contributed by atoms with Crippen molar-refractivity contribution in [3.63, 3.8) is 0 Å². The number of rotatable bonds is 5. The summed E-state index contributed by atoms with van der Waals surface area (Å²) < 4.78 is 0. The number of nitrogens with zero attached hydrogens (tertiary/aromatic N) is 5. The van der Waals surface area contributed by atoms with E-state index in [2.05, 4.69) is 70.2 Å². The van der Waals surface area contributed by atoms with E-state index in [-0.39, 0.29) is 0 Å². The molecule has 2 aromatic rings. The molecule has 5 heteroatoms. The first-order valence-electron chi connectivity index (χ1n) is 11.1. The Morgan fingerprint density at radius 1 is 0.828 bits per heavy atom. The number of aryl methyl sites for hydroxylation is 1. The topological polar surface area (TPSA) is 35.5 Å². The van der Waals surface area contributed by atoms with Crippen molar-refractivity contribution in [1.29, 1.82) is 0 Å². The predicted octanol–water partition coefficient (Wildman–Crippen LogP) is 4.00. The van der Waals surface area contributed by atoms with Crippen molar-refractivity contribution >= 4 is 17.8 Å². The van der Waals surface area contributed by atoms with Crippen LogP contribution in [0.3, 0.4) is 0 Å². The second-order valence-electron chi connectivity index (χ2n) is 8.17. The average Bonchev–Trinajstić information content (AvgIpc) is 3.04. The molecule has 2 aliphatic rings. The molecule has 29 heavy (non-hydrogen) atoms. The third-order valence-electron chi connectivity index (χ3n) is 5.89. The zero-order chi connectivity index (χ0) is 19.9. The lowest BCUT2D eigenvalue weighted by molar-refractivity contribution is 0.283. The zero-order valence-corrected chi connectivity index (χ0v) is 17.6. The summed E-state index contributed by atoms with van der Waals surface area (Å²) in [5, 5.41) is 0. The Balaban J connectivity index is 1.34. The molecule has 2 fully saturated rings. The molecule has 0 amide bonds. The first-order chi connectivity index (χ1) is 14.3. The highest BCUT2D eigenvalue weighted by Gasteiger charge is 2.20. The van der Waals surface area contributed by atoms with Crippen LogP contribution in [0, 0.1) is 6.92 Å². The summed E-state index contributed by atoms with van der Waals surface area (Å²) in [5.74, 6) is 2.02. The lowest BCUT2D eigenvalue weighted by atomic mass is 10.2. The minimum atomic E-state index is 0.906. The summed E-state index contributed by atoms with van der Waals surface area (Å²) in [6, 6.07) is 12.7. The molecule has 2 aliphatic heterocycles. The van der Waals surface area contributed by atoms with Crippen molar-refractivity contribution in [3.05, 3.63) is 53.7 Å². The number of anilines is 2. The van der Waals surface area contributed by atoms with Crippen LogP contribution in [0.25, 0.3) is 6.08 Å². The molecular weight excluding hydrogens is 358 g/mol. The van der Waals surface area contributed by atoms with Crippen LogP contribution < -0.4 is 9.80 Å². The van der Waals surface area contributed by atoms with E-state index in [1.165, 1.54) is 31.2 Å². The molecule has 0 saturated carbocycles. The molecule has 3 heterocycles. The number of piperazine rings is 1. The number of hydrogen-bond acceptors (Lipinski definition) is 5. The highest BCUT2D eigenvalue weighted by atomic mass is 15.3. The quantitative estimate of drug-likeness (QED) is 0.770. The molecule has 0 atom stereocenters. The molecule has 0 unspecified atom stereocenters. The standard InChI is InChI=1S/C24H33N5/c1-21-20-23(28-14-7-2-3-8-15-28)26-24(25-21)29-18-16-27(17-19-29)13-9-12-22-10-5-4-6-11-22/h4-6,9-12,20H,2-3,7-8,13-19H2,1H3/b12-9+. The van der Waals surface area contributed by atoms with E-state index in [4.69, 9.17) is 9.97 Å². The Bertz CT molecular complexity index is 788. The fourth-order valence-electron chi connectivity index (χ4n) is 4.17. The van der Waals surface area contributed by atoms with Crippen molar-refractivity contribution in [2.75, 3.05) is 55.6 Å². The molecule has 154 valence electrons. The largest absolute Gasteiger partial charge is 0.356 e. The first kappa shape index (κ1) is 19.9. The van der Waals surface area contributed by atoms with Crippen LogP contribution in [-0.4, -0.2) is 60.7 Å². The van der Waals surface area contributed by atoms with Crippen LogP contribution in [0.1, 0.15) is 36.9 Å². The van der Waals surface area contributed by atoms with Gasteiger partial charge in [0, 0.05) is 57.6 Å². The Kier molecular flexibility index (Phi) is 6.78. The van der Waals surface area contributed by atoms with Crippen molar-refractivity contribution in [1.82, 2.24) is 14.9 Å². The van der Waals surface area contributed by atoms with Crippen LogP contribution >= 0.6 is 0 Å². The predicted molar refractivity (Wildman–Crippen MR) is 122 cm³/mol. The third-order valence-corrected chi connectivity index (χ3v) is 5.89. The summed E-state index contributed by atoms with van der Waals surface area (Å²) >= 11 is 0. The molecule has 0 radical (unpaired) electrons. The number of aromatic nitrogens is 2. The monoisotopic (exact) mass is 391 g/mol. The fourth-order valence-corrected chi connectivity index (χ4v) is 4.17. The summed E-state index contributed by atoms with van der Waals surface area (Å²) in [4.78, 5) is 17.0. The van der Waals surface area contributed by atoms with Gasteiger partial charge in [-0.15, -0.1) is 0 Å². The van der Waals surface area contributed by atoms with Gasteiger partial charge < -0.3 is 9.80 Å². The molecule has 4 rings (SSSR count). The molecule has 0 bridgehead atoms. The Labute approximate surface area is 175 Å². The first-order valence-corrected chi connectivity index (χ1v) is 11.1. The third kappa shape index (κ3) is 5.57. The molecule has 5 nitrogen and oxygen atoms in total. The van der Waals surface area contributed by atoms with Crippen LogP contribution in [0.5, 0.6) is 0 Å². The highest BCUT2D eigenvalue weighted by Crippen LogP contribution is 2.21. The van der Waals surface area contributed by atoms with Crippen LogP contribution in [0.15, 0.2) is 42.5 Å². The van der Waals surface area contributed by atoms with Crippen molar-refractivity contribution < 1.29 is 0 Å². The Morgan fingerprint density at radius 2 is 1.55 bits per heavy atom. The molecule has 0 N–H and O–H groups in total. The molecular formula is C24H33N5. The smallest absolute Gasteiger partial charge is 0.227 e. The maximum absolute atomic E-state index is 4.96.